The van der Waals surface area contributed by atoms with Gasteiger partial charge < -0.3 is 5.73 Å². The maximum Gasteiger partial charge on any atom is 0.170 e. The van der Waals surface area contributed by atoms with Crippen molar-refractivity contribution in [2.75, 3.05) is 0 Å². The Morgan fingerprint density at radius 1 is 1.33 bits per heavy atom. The minimum absolute atomic E-state index is 0.263. The van der Waals surface area contributed by atoms with Gasteiger partial charge in [-0.1, -0.05) is 26.0 Å². The van der Waals surface area contributed by atoms with Crippen LogP contribution in [0.5, 0.6) is 0 Å². The van der Waals surface area contributed by atoms with Gasteiger partial charge in [0.1, 0.15) is 6.33 Å². The average Bonchev–Trinajstić information content (AvgIpc) is 2.94. The molecule has 2 N–H and O–H groups in total. The maximum atomic E-state index is 6.10. The summed E-state index contributed by atoms with van der Waals surface area (Å²) in [7, 11) is 0. The lowest BCUT2D eigenvalue weighted by Crippen LogP contribution is -2.20. The van der Waals surface area contributed by atoms with Crippen LogP contribution in [0, 0.1) is 0 Å². The van der Waals surface area contributed by atoms with Crippen LogP contribution in [0.3, 0.4) is 0 Å². The number of nitrogens with zero attached hydrogens (tertiary/aromatic N) is 3. The summed E-state index contributed by atoms with van der Waals surface area (Å²) in [4.78, 5) is 4.33. The Morgan fingerprint density at radius 3 is 2.78 bits per heavy atom. The third kappa shape index (κ3) is 1.93. The lowest BCUT2D eigenvalue weighted by Gasteiger charge is -2.07. The minimum Gasteiger partial charge on any atom is -0.319 e. The molecule has 1 saturated carbocycles. The van der Waals surface area contributed by atoms with Crippen LogP contribution in [0.25, 0.3) is 5.69 Å². The number of benzene rings is 1. The molecular formula is C14H18N4. The third-order valence-corrected chi connectivity index (χ3v) is 3.53. The predicted octanol–water partition coefficient (Wildman–Crippen LogP) is 2.34. The van der Waals surface area contributed by atoms with Crippen LogP contribution in [0.1, 0.15) is 44.0 Å². The minimum atomic E-state index is -0.263. The van der Waals surface area contributed by atoms with Crippen molar-refractivity contribution in [2.45, 2.75) is 38.1 Å². The highest BCUT2D eigenvalue weighted by molar-refractivity contribution is 5.36. The molecule has 0 aliphatic heterocycles. The Kier molecular flexibility index (Phi) is 2.48. The van der Waals surface area contributed by atoms with E-state index in [0.717, 1.165) is 24.4 Å². The Bertz CT molecular complexity index is 567. The van der Waals surface area contributed by atoms with Crippen LogP contribution >= 0.6 is 0 Å². The van der Waals surface area contributed by atoms with Gasteiger partial charge in [-0.05, 0) is 36.5 Å². The lowest BCUT2D eigenvalue weighted by atomic mass is 10.0. The molecule has 0 radical (unpaired) electrons. The van der Waals surface area contributed by atoms with Crippen molar-refractivity contribution in [2.24, 2.45) is 5.73 Å². The van der Waals surface area contributed by atoms with Gasteiger partial charge in [0.15, 0.2) is 5.82 Å². The van der Waals surface area contributed by atoms with Crippen molar-refractivity contribution in [3.8, 4) is 5.69 Å². The molecule has 1 fully saturated rings. The van der Waals surface area contributed by atoms with Crippen LogP contribution in [-0.2, 0) is 5.54 Å². The zero-order chi connectivity index (χ0) is 12.8. The first-order chi connectivity index (χ1) is 8.58. The van der Waals surface area contributed by atoms with Gasteiger partial charge in [-0.2, -0.15) is 0 Å². The Hall–Kier alpha value is -1.68. The number of rotatable bonds is 3. The average molecular weight is 242 g/mol. The molecule has 1 aromatic heterocycles. The molecule has 1 heterocycles. The molecule has 0 atom stereocenters. The quantitative estimate of drug-likeness (QED) is 0.898. The molecule has 0 amide bonds. The first-order valence-corrected chi connectivity index (χ1v) is 6.40. The summed E-state index contributed by atoms with van der Waals surface area (Å²) in [5.41, 5.74) is 8.19. The molecule has 0 bridgehead atoms. The van der Waals surface area contributed by atoms with Crippen LogP contribution in [0.4, 0.5) is 0 Å². The van der Waals surface area contributed by atoms with Crippen LogP contribution in [0.15, 0.2) is 30.6 Å². The fraction of sp³-hybridized carbons (Fsp3) is 0.429. The zero-order valence-electron chi connectivity index (χ0n) is 10.8. The first-order valence-electron chi connectivity index (χ1n) is 6.40. The molecule has 94 valence electrons. The van der Waals surface area contributed by atoms with E-state index in [9.17, 15) is 0 Å². The van der Waals surface area contributed by atoms with Crippen LogP contribution in [-0.4, -0.2) is 14.8 Å². The van der Waals surface area contributed by atoms with Crippen molar-refractivity contribution in [3.63, 3.8) is 0 Å². The summed E-state index contributed by atoms with van der Waals surface area (Å²) in [6, 6.07) is 8.39. The summed E-state index contributed by atoms with van der Waals surface area (Å²) in [6.07, 6.45) is 3.73. The topological polar surface area (TPSA) is 56.7 Å². The molecule has 1 aliphatic carbocycles. The molecule has 0 saturated heterocycles. The zero-order valence-corrected chi connectivity index (χ0v) is 10.8. The van der Waals surface area contributed by atoms with E-state index < -0.39 is 0 Å². The summed E-state index contributed by atoms with van der Waals surface area (Å²) in [5, 5.41) is 4.50. The standard InChI is InChI=1S/C14H18N4/c1-10(2)11-4-3-5-12(8-11)18-9-16-13(17-18)14(15)6-7-14/h3-5,8-10H,6-7,15H2,1-2H3. The van der Waals surface area contributed by atoms with Crippen molar-refractivity contribution in [1.82, 2.24) is 14.8 Å². The third-order valence-electron chi connectivity index (χ3n) is 3.53. The summed E-state index contributed by atoms with van der Waals surface area (Å²) < 4.78 is 1.81. The molecule has 2 aromatic rings. The summed E-state index contributed by atoms with van der Waals surface area (Å²) in [6.45, 7) is 4.37. The van der Waals surface area contributed by atoms with Gasteiger partial charge in [0.2, 0.25) is 0 Å². The van der Waals surface area contributed by atoms with Crippen LogP contribution < -0.4 is 5.73 Å². The molecule has 0 spiro atoms. The van der Waals surface area contributed by atoms with Crippen molar-refractivity contribution in [3.05, 3.63) is 42.0 Å². The van der Waals surface area contributed by atoms with Gasteiger partial charge in [-0.15, -0.1) is 5.10 Å². The van der Waals surface area contributed by atoms with Gasteiger partial charge >= 0.3 is 0 Å². The van der Waals surface area contributed by atoms with Crippen LogP contribution in [0.2, 0.25) is 0 Å². The van der Waals surface area contributed by atoms with Gasteiger partial charge in [-0.3, -0.25) is 0 Å². The van der Waals surface area contributed by atoms with E-state index in [1.165, 1.54) is 5.56 Å². The lowest BCUT2D eigenvalue weighted by molar-refractivity contribution is 0.665. The van der Waals surface area contributed by atoms with Crippen molar-refractivity contribution >= 4 is 0 Å². The fourth-order valence-electron chi connectivity index (χ4n) is 2.00. The van der Waals surface area contributed by atoms with Gasteiger partial charge in [0.25, 0.3) is 0 Å². The fourth-order valence-corrected chi connectivity index (χ4v) is 2.00. The SMILES string of the molecule is CC(C)c1cccc(-n2cnc(C3(N)CC3)n2)c1. The summed E-state index contributed by atoms with van der Waals surface area (Å²) in [5.74, 6) is 1.27. The smallest absolute Gasteiger partial charge is 0.170 e. The van der Waals surface area contributed by atoms with Crippen molar-refractivity contribution < 1.29 is 0 Å². The molecular weight excluding hydrogens is 224 g/mol. The van der Waals surface area contributed by atoms with Gasteiger partial charge in [0, 0.05) is 0 Å². The predicted molar refractivity (Wildman–Crippen MR) is 70.5 cm³/mol. The molecule has 1 aromatic carbocycles. The highest BCUT2D eigenvalue weighted by Gasteiger charge is 2.43. The van der Waals surface area contributed by atoms with Crippen molar-refractivity contribution in [1.29, 1.82) is 0 Å². The van der Waals surface area contributed by atoms with E-state index in [-0.39, 0.29) is 5.54 Å². The second-order valence-corrected chi connectivity index (χ2v) is 5.42. The van der Waals surface area contributed by atoms with E-state index in [1.807, 2.05) is 10.7 Å². The highest BCUT2D eigenvalue weighted by atomic mass is 15.3. The molecule has 1 aliphatic rings. The maximum absolute atomic E-state index is 6.10. The molecule has 0 unspecified atom stereocenters. The number of hydrogen-bond acceptors (Lipinski definition) is 3. The molecule has 18 heavy (non-hydrogen) atoms. The number of aromatic nitrogens is 3. The molecule has 3 rings (SSSR count). The van der Waals surface area contributed by atoms with E-state index in [2.05, 4.69) is 42.1 Å². The second-order valence-electron chi connectivity index (χ2n) is 5.42. The molecule has 4 nitrogen and oxygen atoms in total. The monoisotopic (exact) mass is 242 g/mol. The number of hydrogen-bond donors (Lipinski definition) is 1. The normalized spacial score (nSPS) is 17.1. The largest absolute Gasteiger partial charge is 0.319 e. The molecule has 4 heteroatoms. The second kappa shape index (κ2) is 3.92. The van der Waals surface area contributed by atoms with E-state index >= 15 is 0 Å². The van der Waals surface area contributed by atoms with E-state index in [0.29, 0.717) is 5.92 Å². The highest BCUT2D eigenvalue weighted by Crippen LogP contribution is 2.40. The van der Waals surface area contributed by atoms with Gasteiger partial charge in [-0.25, -0.2) is 9.67 Å². The summed E-state index contributed by atoms with van der Waals surface area (Å²) >= 11 is 0. The number of nitrogens with two attached hydrogens (primary N) is 1. The Labute approximate surface area is 107 Å². The van der Waals surface area contributed by atoms with E-state index in [4.69, 9.17) is 5.73 Å². The Balaban J connectivity index is 1.94. The van der Waals surface area contributed by atoms with Gasteiger partial charge in [0.05, 0.1) is 11.2 Å². The first kappa shape index (κ1) is 11.4. The Morgan fingerprint density at radius 2 is 2.11 bits per heavy atom. The van der Waals surface area contributed by atoms with E-state index in [1.54, 1.807) is 6.33 Å².